The number of aryl methyl sites for hydroxylation is 1. The molecule has 16 heteroatoms. The molecular weight excluding hydrogens is 835 g/mol. The van der Waals surface area contributed by atoms with Gasteiger partial charge in [-0.25, -0.2) is 18.0 Å². The summed E-state index contributed by atoms with van der Waals surface area (Å²) in [5.74, 6) is -1.77. The number of carboxylic acids is 1. The Morgan fingerprint density at radius 2 is 1.74 bits per heavy atom. The highest BCUT2D eigenvalue weighted by molar-refractivity contribution is 7.89. The maximum atomic E-state index is 14.0. The fraction of sp³-hybridized carbons (Fsp3) is 0.609. The van der Waals surface area contributed by atoms with Gasteiger partial charge in [0.05, 0.1) is 54.4 Å². The summed E-state index contributed by atoms with van der Waals surface area (Å²) in [6, 6.07) is 12.5. The normalized spacial score (nSPS) is 26.5. The number of rotatable bonds is 17. The Morgan fingerprint density at radius 3 is 2.42 bits per heavy atom. The highest BCUT2D eigenvalue weighted by Gasteiger charge is 2.53. The summed E-state index contributed by atoms with van der Waals surface area (Å²) >= 11 is 1.57. The molecule has 14 nitrogen and oxygen atoms in total. The van der Waals surface area contributed by atoms with Crippen molar-refractivity contribution in [2.45, 2.75) is 126 Å². The monoisotopic (exact) mass is 897 g/mol. The first-order valence-corrected chi connectivity index (χ1v) is 24.1. The molecule has 4 aliphatic rings. The molecule has 3 aromatic rings. The SMILES string of the molecule is COc1ccc(S(=O)(=O)N(CC(C)C)C[C@@H](O)[C@H](Cc2ccc(NC[C@]3(O)CCC[C@@H]3c3sc4c(c3C(=O)O)CC(C)(C)CC4)cc2)NC(=O)O[C@H]2CO[C@@]3(C)OCC[C@@H]23)cc1. The fourth-order valence-electron chi connectivity index (χ4n) is 9.76. The number of alkyl carbamates (subject to hydrolysis) is 1. The molecule has 0 radical (unpaired) electrons. The van der Waals surface area contributed by atoms with E-state index in [2.05, 4.69) is 24.5 Å². The molecule has 2 aromatic carbocycles. The van der Waals surface area contributed by atoms with E-state index in [0.717, 1.165) is 45.8 Å². The average Bonchev–Trinajstić information content (AvgIpc) is 3.98. The quantitative estimate of drug-likeness (QED) is 0.0980. The number of benzene rings is 2. The van der Waals surface area contributed by atoms with E-state index < -0.39 is 51.7 Å². The van der Waals surface area contributed by atoms with Crippen LogP contribution in [-0.2, 0) is 43.5 Å². The van der Waals surface area contributed by atoms with E-state index >= 15 is 0 Å². The zero-order valence-electron chi connectivity index (χ0n) is 36.6. The summed E-state index contributed by atoms with van der Waals surface area (Å²) in [6.07, 6.45) is 2.75. The number of aliphatic hydroxyl groups excluding tert-OH is 1. The van der Waals surface area contributed by atoms with Crippen LogP contribution in [0.15, 0.2) is 53.4 Å². The fourth-order valence-corrected chi connectivity index (χ4v) is 12.9. The number of ether oxygens (including phenoxy) is 4. The van der Waals surface area contributed by atoms with Gasteiger partial charge in [-0.05, 0) is 117 Å². The molecule has 1 amide bonds. The summed E-state index contributed by atoms with van der Waals surface area (Å²) in [5, 5.41) is 40.6. The number of hydrogen-bond acceptors (Lipinski definition) is 12. The summed E-state index contributed by atoms with van der Waals surface area (Å²) in [5.41, 5.74) is 1.69. The lowest BCUT2D eigenvalue weighted by atomic mass is 9.75. The molecule has 340 valence electrons. The third-order valence-corrected chi connectivity index (χ3v) is 16.5. The number of carboxylic acid groups (broad SMARTS) is 1. The first-order chi connectivity index (χ1) is 29.3. The number of anilines is 1. The number of aliphatic hydroxyl groups is 2. The number of fused-ring (bicyclic) bond motifs is 2. The molecule has 7 rings (SSSR count). The van der Waals surface area contributed by atoms with E-state index in [4.69, 9.17) is 18.9 Å². The Balaban J connectivity index is 1.07. The Labute approximate surface area is 369 Å². The van der Waals surface area contributed by atoms with Crippen LogP contribution in [0.1, 0.15) is 104 Å². The van der Waals surface area contributed by atoms with Gasteiger partial charge in [0.15, 0.2) is 5.79 Å². The molecule has 2 aliphatic carbocycles. The predicted octanol–water partition coefficient (Wildman–Crippen LogP) is 6.58. The first kappa shape index (κ1) is 46.2. The van der Waals surface area contributed by atoms with E-state index in [1.54, 1.807) is 23.5 Å². The van der Waals surface area contributed by atoms with Crippen LogP contribution >= 0.6 is 11.3 Å². The van der Waals surface area contributed by atoms with Crippen molar-refractivity contribution < 1.29 is 52.3 Å². The van der Waals surface area contributed by atoms with E-state index in [1.807, 2.05) is 45.0 Å². The standard InChI is InChI=1S/C46H63N3O11S2/c1-28(2)24-49(62(55,56)32-15-13-31(57-6)14-16-32)25-37(50)36(48-43(53)60-38-26-59-45(5)34(38)18-21-58-45)22-29-9-11-30(12-10-29)47-27-46(54)19-7-8-35(46)41-40(42(51)52)33-23-44(3,4)20-17-39(33)61-41/h9-16,28,34-38,47,50,54H,7-8,17-27H2,1-6H3,(H,48,53)(H,51,52)/t34-,35+,36-,37+,38-,45+,46+/m0/s1. The Morgan fingerprint density at radius 1 is 1.02 bits per heavy atom. The number of methoxy groups -OCH3 is 1. The minimum Gasteiger partial charge on any atom is -0.497 e. The zero-order valence-corrected chi connectivity index (χ0v) is 38.3. The Bertz CT molecular complexity index is 2180. The molecule has 1 aromatic heterocycles. The number of nitrogens with one attached hydrogen (secondary N) is 2. The van der Waals surface area contributed by atoms with Crippen LogP contribution in [0.4, 0.5) is 10.5 Å². The number of carbonyl (C=O) groups excluding carboxylic acids is 1. The maximum absolute atomic E-state index is 14.0. The van der Waals surface area contributed by atoms with Crippen LogP contribution in [0.2, 0.25) is 0 Å². The van der Waals surface area contributed by atoms with Gasteiger partial charge in [-0.2, -0.15) is 4.31 Å². The van der Waals surface area contributed by atoms with Crippen molar-refractivity contribution in [3.8, 4) is 5.75 Å². The van der Waals surface area contributed by atoms with Crippen molar-refractivity contribution in [2.75, 3.05) is 45.3 Å². The highest BCUT2D eigenvalue weighted by Crippen LogP contribution is 2.51. The maximum Gasteiger partial charge on any atom is 0.407 e. The van der Waals surface area contributed by atoms with Crippen molar-refractivity contribution in [2.24, 2.45) is 17.3 Å². The number of carbonyl (C=O) groups is 2. The molecule has 2 aliphatic heterocycles. The minimum atomic E-state index is -4.06. The van der Waals surface area contributed by atoms with Crippen LogP contribution in [0, 0.1) is 17.3 Å². The third-order valence-electron chi connectivity index (χ3n) is 13.2. The molecule has 3 fully saturated rings. The predicted molar refractivity (Wildman–Crippen MR) is 235 cm³/mol. The zero-order chi connectivity index (χ0) is 44.6. The Hall–Kier alpha value is -3.77. The second kappa shape index (κ2) is 18.4. The second-order valence-corrected chi connectivity index (χ2v) is 22.0. The van der Waals surface area contributed by atoms with Gasteiger partial charge in [0, 0.05) is 41.0 Å². The van der Waals surface area contributed by atoms with E-state index in [0.29, 0.717) is 43.6 Å². The van der Waals surface area contributed by atoms with Gasteiger partial charge < -0.3 is 44.9 Å². The van der Waals surface area contributed by atoms with Crippen LogP contribution in [0.3, 0.4) is 0 Å². The van der Waals surface area contributed by atoms with Crippen molar-refractivity contribution >= 4 is 39.1 Å². The molecule has 62 heavy (non-hydrogen) atoms. The van der Waals surface area contributed by atoms with Crippen LogP contribution in [0.25, 0.3) is 0 Å². The van der Waals surface area contributed by atoms with Crippen molar-refractivity contribution in [1.29, 1.82) is 0 Å². The van der Waals surface area contributed by atoms with Crippen LogP contribution < -0.4 is 15.4 Å². The Kier molecular flexibility index (Phi) is 13.7. The summed E-state index contributed by atoms with van der Waals surface area (Å²) < 4.78 is 51.9. The highest BCUT2D eigenvalue weighted by atomic mass is 32.2. The topological polar surface area (TPSA) is 193 Å². The second-order valence-electron chi connectivity index (χ2n) is 18.9. The van der Waals surface area contributed by atoms with Crippen molar-refractivity contribution in [3.63, 3.8) is 0 Å². The average molecular weight is 898 g/mol. The number of sulfonamides is 1. The summed E-state index contributed by atoms with van der Waals surface area (Å²) in [7, 11) is -2.56. The van der Waals surface area contributed by atoms with Crippen LogP contribution in [0.5, 0.6) is 5.75 Å². The lowest BCUT2D eigenvalue weighted by Gasteiger charge is -2.31. The van der Waals surface area contributed by atoms with E-state index in [-0.39, 0.29) is 60.7 Å². The van der Waals surface area contributed by atoms with Crippen LogP contribution in [-0.4, -0.2) is 110 Å². The van der Waals surface area contributed by atoms with Gasteiger partial charge in [0.25, 0.3) is 0 Å². The first-order valence-electron chi connectivity index (χ1n) is 21.8. The molecule has 2 saturated heterocycles. The summed E-state index contributed by atoms with van der Waals surface area (Å²) in [4.78, 5) is 28.2. The lowest BCUT2D eigenvalue weighted by Crippen LogP contribution is -2.51. The molecular formula is C46H63N3O11S2. The molecule has 1 saturated carbocycles. The summed E-state index contributed by atoms with van der Waals surface area (Å²) in [6.45, 7) is 10.7. The van der Waals surface area contributed by atoms with E-state index in [9.17, 15) is 33.3 Å². The van der Waals surface area contributed by atoms with E-state index in [1.165, 1.54) is 23.5 Å². The number of nitrogens with zero attached hydrogens (tertiary/aromatic N) is 1. The minimum absolute atomic E-state index is 0.0257. The third kappa shape index (κ3) is 9.96. The van der Waals surface area contributed by atoms with Gasteiger partial charge in [-0.1, -0.05) is 39.8 Å². The molecule has 5 N–H and O–H groups in total. The molecule has 3 heterocycles. The van der Waals surface area contributed by atoms with Gasteiger partial charge in [0.1, 0.15) is 11.9 Å². The molecule has 0 spiro atoms. The number of amides is 1. The van der Waals surface area contributed by atoms with Gasteiger partial charge in [-0.3, -0.25) is 0 Å². The van der Waals surface area contributed by atoms with Gasteiger partial charge in [0.2, 0.25) is 10.0 Å². The largest absolute Gasteiger partial charge is 0.497 e. The van der Waals surface area contributed by atoms with Gasteiger partial charge >= 0.3 is 12.1 Å². The number of hydrogen-bond donors (Lipinski definition) is 5. The number of aromatic carboxylic acids is 1. The molecule has 7 atom stereocenters. The molecule has 0 unspecified atom stereocenters. The molecule has 0 bridgehead atoms. The van der Waals surface area contributed by atoms with Gasteiger partial charge in [-0.15, -0.1) is 11.3 Å². The number of thiophene rings is 1. The van der Waals surface area contributed by atoms with Crippen molar-refractivity contribution in [3.05, 3.63) is 75.0 Å². The van der Waals surface area contributed by atoms with Crippen molar-refractivity contribution in [1.82, 2.24) is 9.62 Å². The lowest BCUT2D eigenvalue weighted by molar-refractivity contribution is -0.181. The smallest absolute Gasteiger partial charge is 0.407 e.